The summed E-state index contributed by atoms with van der Waals surface area (Å²) in [5.74, 6) is -0.0622. The molecule has 0 saturated carbocycles. The van der Waals surface area contributed by atoms with Crippen molar-refractivity contribution in [3.8, 4) is 0 Å². The molecule has 0 radical (unpaired) electrons. The molecule has 0 spiro atoms. The number of nitrogens with zero attached hydrogens (tertiary/aromatic N) is 2. The van der Waals surface area contributed by atoms with Gasteiger partial charge in [0.1, 0.15) is 5.71 Å². The number of carbonyl (C=O) groups is 1. The van der Waals surface area contributed by atoms with Crippen molar-refractivity contribution >= 4 is 11.6 Å². The summed E-state index contributed by atoms with van der Waals surface area (Å²) < 4.78 is 0. The molecule has 0 bridgehead atoms. The van der Waals surface area contributed by atoms with E-state index >= 15 is 0 Å². The van der Waals surface area contributed by atoms with Crippen LogP contribution in [-0.4, -0.2) is 23.2 Å². The molecule has 1 atom stereocenters. The summed E-state index contributed by atoms with van der Waals surface area (Å²) in [5, 5.41) is 9.77. The molecule has 0 aliphatic carbocycles. The monoisotopic (exact) mass is 349 g/mol. The van der Waals surface area contributed by atoms with E-state index in [0.29, 0.717) is 18.7 Å². The van der Waals surface area contributed by atoms with Crippen molar-refractivity contribution in [2.45, 2.75) is 45.2 Å². The summed E-state index contributed by atoms with van der Waals surface area (Å²) in [5.41, 5.74) is 2.95. The van der Waals surface area contributed by atoms with Crippen LogP contribution in [-0.2, 0) is 11.3 Å². The Hall–Kier alpha value is -2.62. The standard InChI is InChI=1S/C22H27N3O/c1-2-3-10-15-25-21(19-13-8-5-9-14-19)16-20(24-25)22(26)23-17-18-11-6-4-7-12-18/h4-9,11-14,21H,2-3,10,15-17H2,1H3,(H,23,26). The van der Waals surface area contributed by atoms with Crippen LogP contribution in [0.15, 0.2) is 65.8 Å². The molecule has 1 unspecified atom stereocenters. The van der Waals surface area contributed by atoms with E-state index in [9.17, 15) is 4.79 Å². The van der Waals surface area contributed by atoms with Gasteiger partial charge in [0.15, 0.2) is 0 Å². The van der Waals surface area contributed by atoms with E-state index in [1.807, 2.05) is 48.5 Å². The second-order valence-corrected chi connectivity index (χ2v) is 6.72. The Kier molecular flexibility index (Phi) is 6.42. The maximum Gasteiger partial charge on any atom is 0.267 e. The fourth-order valence-electron chi connectivity index (χ4n) is 3.27. The van der Waals surface area contributed by atoms with E-state index in [-0.39, 0.29) is 11.9 Å². The molecule has 26 heavy (non-hydrogen) atoms. The summed E-state index contributed by atoms with van der Waals surface area (Å²) in [6.07, 6.45) is 4.13. The van der Waals surface area contributed by atoms with Crippen LogP contribution in [0, 0.1) is 0 Å². The van der Waals surface area contributed by atoms with Gasteiger partial charge in [-0.2, -0.15) is 5.10 Å². The third-order valence-corrected chi connectivity index (χ3v) is 4.73. The zero-order valence-electron chi connectivity index (χ0n) is 15.4. The molecule has 1 aliphatic rings. The maximum absolute atomic E-state index is 12.6. The minimum absolute atomic E-state index is 0.0622. The molecule has 1 amide bonds. The number of hydrogen-bond acceptors (Lipinski definition) is 3. The fraction of sp³-hybridized carbons (Fsp3) is 0.364. The van der Waals surface area contributed by atoms with Crippen LogP contribution in [0.4, 0.5) is 0 Å². The molecule has 0 saturated heterocycles. The average molecular weight is 349 g/mol. The van der Waals surface area contributed by atoms with Gasteiger partial charge in [0, 0.05) is 19.5 Å². The van der Waals surface area contributed by atoms with Gasteiger partial charge in [-0.3, -0.25) is 9.80 Å². The Morgan fingerprint density at radius 1 is 1.08 bits per heavy atom. The molecule has 4 nitrogen and oxygen atoms in total. The van der Waals surface area contributed by atoms with Crippen LogP contribution in [0.1, 0.15) is 49.8 Å². The first-order valence-electron chi connectivity index (χ1n) is 9.49. The number of hydrogen-bond donors (Lipinski definition) is 1. The Bertz CT molecular complexity index is 728. The lowest BCUT2D eigenvalue weighted by Crippen LogP contribution is -2.29. The highest BCUT2D eigenvalue weighted by Crippen LogP contribution is 2.30. The van der Waals surface area contributed by atoms with Crippen LogP contribution in [0.25, 0.3) is 0 Å². The van der Waals surface area contributed by atoms with Crippen LogP contribution in [0.3, 0.4) is 0 Å². The van der Waals surface area contributed by atoms with Gasteiger partial charge in [-0.05, 0) is 17.5 Å². The largest absolute Gasteiger partial charge is 0.347 e. The van der Waals surface area contributed by atoms with Gasteiger partial charge in [0.25, 0.3) is 5.91 Å². The third-order valence-electron chi connectivity index (χ3n) is 4.73. The Balaban J connectivity index is 1.66. The van der Waals surface area contributed by atoms with Crippen molar-refractivity contribution in [1.29, 1.82) is 0 Å². The number of hydrazone groups is 1. The quantitative estimate of drug-likeness (QED) is 0.722. The van der Waals surface area contributed by atoms with E-state index in [1.165, 1.54) is 18.4 Å². The van der Waals surface area contributed by atoms with Gasteiger partial charge in [0.2, 0.25) is 0 Å². The van der Waals surface area contributed by atoms with Gasteiger partial charge >= 0.3 is 0 Å². The summed E-state index contributed by atoms with van der Waals surface area (Å²) in [4.78, 5) is 12.6. The van der Waals surface area contributed by atoms with Crippen molar-refractivity contribution in [2.75, 3.05) is 6.54 Å². The predicted molar refractivity (Wildman–Crippen MR) is 106 cm³/mol. The zero-order chi connectivity index (χ0) is 18.2. The average Bonchev–Trinajstić information content (AvgIpc) is 3.12. The summed E-state index contributed by atoms with van der Waals surface area (Å²) in [7, 11) is 0. The predicted octanol–water partition coefficient (Wildman–Crippen LogP) is 4.30. The lowest BCUT2D eigenvalue weighted by atomic mass is 10.0. The normalized spacial score (nSPS) is 16.4. The summed E-state index contributed by atoms with van der Waals surface area (Å²) in [6, 6.07) is 20.5. The number of benzene rings is 2. The number of unbranched alkanes of at least 4 members (excludes halogenated alkanes) is 2. The fourth-order valence-corrected chi connectivity index (χ4v) is 3.27. The lowest BCUT2D eigenvalue weighted by molar-refractivity contribution is -0.115. The van der Waals surface area contributed by atoms with Crippen LogP contribution in [0.2, 0.25) is 0 Å². The van der Waals surface area contributed by atoms with Crippen LogP contribution in [0.5, 0.6) is 0 Å². The van der Waals surface area contributed by atoms with E-state index in [2.05, 4.69) is 34.5 Å². The molecule has 1 N–H and O–H groups in total. The van der Waals surface area contributed by atoms with E-state index in [4.69, 9.17) is 0 Å². The molecule has 2 aromatic rings. The Labute approximate surface area is 155 Å². The van der Waals surface area contributed by atoms with Crippen molar-refractivity contribution in [2.24, 2.45) is 5.10 Å². The molecule has 1 heterocycles. The first kappa shape index (κ1) is 18.2. The molecule has 3 rings (SSSR count). The van der Waals surface area contributed by atoms with Gasteiger partial charge < -0.3 is 5.32 Å². The zero-order valence-corrected chi connectivity index (χ0v) is 15.4. The molecule has 2 aromatic carbocycles. The van der Waals surface area contributed by atoms with Crippen molar-refractivity contribution in [3.05, 3.63) is 71.8 Å². The Morgan fingerprint density at radius 2 is 1.77 bits per heavy atom. The van der Waals surface area contributed by atoms with E-state index in [1.54, 1.807) is 0 Å². The molecular formula is C22H27N3O. The first-order chi connectivity index (χ1) is 12.8. The second kappa shape index (κ2) is 9.18. The second-order valence-electron chi connectivity index (χ2n) is 6.72. The highest BCUT2D eigenvalue weighted by Gasteiger charge is 2.30. The SMILES string of the molecule is CCCCCN1N=C(C(=O)NCc2ccccc2)CC1c1ccccc1. The molecule has 0 fully saturated rings. The van der Waals surface area contributed by atoms with Gasteiger partial charge in [-0.15, -0.1) is 0 Å². The molecule has 4 heteroatoms. The third kappa shape index (κ3) is 4.72. The van der Waals surface area contributed by atoms with Crippen LogP contribution >= 0.6 is 0 Å². The number of nitrogens with one attached hydrogen (secondary N) is 1. The molecular weight excluding hydrogens is 322 g/mol. The van der Waals surface area contributed by atoms with E-state index in [0.717, 1.165) is 18.5 Å². The topological polar surface area (TPSA) is 44.7 Å². The van der Waals surface area contributed by atoms with Gasteiger partial charge in [0.05, 0.1) is 6.04 Å². The first-order valence-corrected chi connectivity index (χ1v) is 9.49. The highest BCUT2D eigenvalue weighted by molar-refractivity contribution is 6.39. The van der Waals surface area contributed by atoms with Gasteiger partial charge in [-0.1, -0.05) is 80.4 Å². The molecule has 136 valence electrons. The highest BCUT2D eigenvalue weighted by atomic mass is 16.2. The molecule has 0 aromatic heterocycles. The van der Waals surface area contributed by atoms with Gasteiger partial charge in [-0.25, -0.2) is 0 Å². The summed E-state index contributed by atoms with van der Waals surface area (Å²) >= 11 is 0. The minimum Gasteiger partial charge on any atom is -0.347 e. The van der Waals surface area contributed by atoms with Crippen molar-refractivity contribution in [1.82, 2.24) is 10.3 Å². The smallest absolute Gasteiger partial charge is 0.267 e. The lowest BCUT2D eigenvalue weighted by Gasteiger charge is -2.23. The molecule has 1 aliphatic heterocycles. The van der Waals surface area contributed by atoms with E-state index < -0.39 is 0 Å². The maximum atomic E-state index is 12.6. The Morgan fingerprint density at radius 3 is 2.46 bits per heavy atom. The number of rotatable bonds is 8. The van der Waals surface area contributed by atoms with Crippen molar-refractivity contribution in [3.63, 3.8) is 0 Å². The number of carbonyl (C=O) groups excluding carboxylic acids is 1. The van der Waals surface area contributed by atoms with Crippen LogP contribution < -0.4 is 5.32 Å². The number of amides is 1. The summed E-state index contributed by atoms with van der Waals surface area (Å²) in [6.45, 7) is 3.62. The van der Waals surface area contributed by atoms with Crippen molar-refractivity contribution < 1.29 is 4.79 Å². The minimum atomic E-state index is -0.0622.